The zero-order chi connectivity index (χ0) is 14.5. The van der Waals surface area contributed by atoms with Crippen LogP contribution >= 0.6 is 11.3 Å². The Hall–Kier alpha value is -1.46. The minimum Gasteiger partial charge on any atom is -0.321 e. The summed E-state index contributed by atoms with van der Waals surface area (Å²) < 4.78 is 13.3. The van der Waals surface area contributed by atoms with Crippen LogP contribution in [0, 0.1) is 5.82 Å². The standard InChI is InChI=1S/C15H20FN3S/c1-4-6-13-14(10-17-2)20-15(18-13)19(3)12-8-5-7-11(16)9-12/h5,7-9,17H,4,6,10H2,1-3H3. The lowest BCUT2D eigenvalue weighted by molar-refractivity contribution is 0.628. The van der Waals surface area contributed by atoms with Crippen LogP contribution in [0.4, 0.5) is 15.2 Å². The fraction of sp³-hybridized carbons (Fsp3) is 0.400. The first-order valence-corrected chi connectivity index (χ1v) is 7.59. The maximum Gasteiger partial charge on any atom is 0.190 e. The van der Waals surface area contributed by atoms with E-state index in [1.807, 2.05) is 25.1 Å². The summed E-state index contributed by atoms with van der Waals surface area (Å²) >= 11 is 1.66. The Bertz CT molecular complexity index is 544. The summed E-state index contributed by atoms with van der Waals surface area (Å²) in [5, 5.41) is 4.08. The minimum absolute atomic E-state index is 0.227. The van der Waals surface area contributed by atoms with E-state index in [1.54, 1.807) is 17.4 Å². The third-order valence-corrected chi connectivity index (χ3v) is 4.25. The van der Waals surface area contributed by atoms with Crippen molar-refractivity contribution in [3.05, 3.63) is 40.7 Å². The second kappa shape index (κ2) is 6.81. The molecule has 0 fully saturated rings. The lowest BCUT2D eigenvalue weighted by atomic mass is 10.2. The number of nitrogens with zero attached hydrogens (tertiary/aromatic N) is 2. The van der Waals surface area contributed by atoms with Gasteiger partial charge in [0.05, 0.1) is 5.69 Å². The summed E-state index contributed by atoms with van der Waals surface area (Å²) in [4.78, 5) is 7.90. The van der Waals surface area contributed by atoms with Crippen LogP contribution in [-0.4, -0.2) is 19.1 Å². The third-order valence-electron chi connectivity index (χ3n) is 3.07. The summed E-state index contributed by atoms with van der Waals surface area (Å²) in [5.41, 5.74) is 1.96. The molecule has 0 radical (unpaired) electrons. The van der Waals surface area contributed by atoms with Crippen molar-refractivity contribution < 1.29 is 4.39 Å². The fourth-order valence-corrected chi connectivity index (χ4v) is 3.14. The summed E-state index contributed by atoms with van der Waals surface area (Å²) in [7, 11) is 3.86. The average molecular weight is 293 g/mol. The quantitative estimate of drug-likeness (QED) is 0.880. The van der Waals surface area contributed by atoms with Crippen LogP contribution in [0.5, 0.6) is 0 Å². The number of rotatable bonds is 6. The summed E-state index contributed by atoms with van der Waals surface area (Å²) in [6.45, 7) is 2.97. The van der Waals surface area contributed by atoms with Gasteiger partial charge in [0.1, 0.15) is 5.82 Å². The van der Waals surface area contributed by atoms with Gasteiger partial charge < -0.3 is 10.2 Å². The fourth-order valence-electron chi connectivity index (χ4n) is 2.04. The molecule has 0 saturated carbocycles. The Morgan fingerprint density at radius 3 is 2.85 bits per heavy atom. The number of aryl methyl sites for hydroxylation is 1. The minimum atomic E-state index is -0.227. The molecule has 1 heterocycles. The molecule has 3 nitrogen and oxygen atoms in total. The predicted octanol–water partition coefficient (Wildman–Crippen LogP) is 3.72. The molecule has 1 aromatic heterocycles. The zero-order valence-corrected chi connectivity index (χ0v) is 12.9. The van der Waals surface area contributed by atoms with Gasteiger partial charge in [-0.15, -0.1) is 0 Å². The Labute approximate surface area is 123 Å². The molecule has 0 spiro atoms. The summed E-state index contributed by atoms with van der Waals surface area (Å²) in [6.07, 6.45) is 2.05. The summed E-state index contributed by atoms with van der Waals surface area (Å²) in [6, 6.07) is 6.59. The maximum absolute atomic E-state index is 13.3. The first kappa shape index (κ1) is 14.9. The van der Waals surface area contributed by atoms with Crippen molar-refractivity contribution in [3.63, 3.8) is 0 Å². The van der Waals surface area contributed by atoms with Crippen molar-refractivity contribution in [3.8, 4) is 0 Å². The van der Waals surface area contributed by atoms with Crippen LogP contribution in [0.25, 0.3) is 0 Å². The zero-order valence-electron chi connectivity index (χ0n) is 12.1. The molecule has 0 amide bonds. The van der Waals surface area contributed by atoms with Gasteiger partial charge in [-0.05, 0) is 31.7 Å². The number of halogens is 1. The largest absolute Gasteiger partial charge is 0.321 e. The van der Waals surface area contributed by atoms with Gasteiger partial charge in [-0.2, -0.15) is 0 Å². The van der Waals surface area contributed by atoms with E-state index in [4.69, 9.17) is 4.98 Å². The number of hydrogen-bond acceptors (Lipinski definition) is 4. The highest BCUT2D eigenvalue weighted by Gasteiger charge is 2.14. The lowest BCUT2D eigenvalue weighted by Gasteiger charge is -2.15. The van der Waals surface area contributed by atoms with Gasteiger partial charge in [0.25, 0.3) is 0 Å². The molecule has 0 aliphatic rings. The van der Waals surface area contributed by atoms with Crippen molar-refractivity contribution in [2.45, 2.75) is 26.3 Å². The van der Waals surface area contributed by atoms with E-state index in [-0.39, 0.29) is 5.82 Å². The molecule has 20 heavy (non-hydrogen) atoms. The van der Waals surface area contributed by atoms with E-state index in [9.17, 15) is 4.39 Å². The van der Waals surface area contributed by atoms with Crippen LogP contribution in [0.3, 0.4) is 0 Å². The second-order valence-electron chi connectivity index (χ2n) is 4.69. The highest BCUT2D eigenvalue weighted by molar-refractivity contribution is 7.15. The maximum atomic E-state index is 13.3. The number of nitrogens with one attached hydrogen (secondary N) is 1. The van der Waals surface area contributed by atoms with Gasteiger partial charge in [-0.3, -0.25) is 0 Å². The number of hydrogen-bond donors (Lipinski definition) is 1. The number of aromatic nitrogens is 1. The molecule has 0 saturated heterocycles. The first-order chi connectivity index (χ1) is 9.65. The molecule has 2 rings (SSSR count). The monoisotopic (exact) mass is 293 g/mol. The Morgan fingerprint density at radius 1 is 1.40 bits per heavy atom. The van der Waals surface area contributed by atoms with Crippen molar-refractivity contribution in [1.82, 2.24) is 10.3 Å². The van der Waals surface area contributed by atoms with Gasteiger partial charge in [0.15, 0.2) is 5.13 Å². The van der Waals surface area contributed by atoms with E-state index in [1.165, 1.54) is 17.0 Å². The number of benzene rings is 1. The van der Waals surface area contributed by atoms with Gasteiger partial charge >= 0.3 is 0 Å². The van der Waals surface area contributed by atoms with Crippen molar-refractivity contribution in [2.24, 2.45) is 0 Å². The van der Waals surface area contributed by atoms with E-state index in [0.29, 0.717) is 0 Å². The predicted molar refractivity (Wildman–Crippen MR) is 83.3 cm³/mol. The van der Waals surface area contributed by atoms with Gasteiger partial charge in [0, 0.05) is 24.2 Å². The SMILES string of the molecule is CCCc1nc(N(C)c2cccc(F)c2)sc1CNC. The van der Waals surface area contributed by atoms with Crippen LogP contribution < -0.4 is 10.2 Å². The van der Waals surface area contributed by atoms with Crippen molar-refractivity contribution in [2.75, 3.05) is 19.0 Å². The molecule has 0 aliphatic heterocycles. The van der Waals surface area contributed by atoms with Gasteiger partial charge in [-0.1, -0.05) is 30.7 Å². The van der Waals surface area contributed by atoms with Crippen LogP contribution in [-0.2, 0) is 13.0 Å². The van der Waals surface area contributed by atoms with Crippen LogP contribution in [0.15, 0.2) is 24.3 Å². The molecule has 0 aliphatic carbocycles. The molecular weight excluding hydrogens is 273 g/mol. The smallest absolute Gasteiger partial charge is 0.190 e. The Kier molecular flexibility index (Phi) is 5.09. The first-order valence-electron chi connectivity index (χ1n) is 6.78. The highest BCUT2D eigenvalue weighted by Crippen LogP contribution is 2.31. The van der Waals surface area contributed by atoms with Gasteiger partial charge in [-0.25, -0.2) is 9.37 Å². The molecular formula is C15H20FN3S. The highest BCUT2D eigenvalue weighted by atomic mass is 32.1. The second-order valence-corrected chi connectivity index (χ2v) is 5.75. The Morgan fingerprint density at radius 2 is 2.20 bits per heavy atom. The van der Waals surface area contributed by atoms with Crippen molar-refractivity contribution in [1.29, 1.82) is 0 Å². The number of thiazole rings is 1. The molecule has 5 heteroatoms. The van der Waals surface area contributed by atoms with E-state index in [0.717, 1.165) is 35.9 Å². The lowest BCUT2D eigenvalue weighted by Crippen LogP contribution is -2.09. The van der Waals surface area contributed by atoms with Crippen molar-refractivity contribution >= 4 is 22.2 Å². The van der Waals surface area contributed by atoms with Crippen LogP contribution in [0.1, 0.15) is 23.9 Å². The van der Waals surface area contributed by atoms with E-state index < -0.39 is 0 Å². The number of anilines is 2. The Balaban J connectivity index is 2.29. The normalized spacial score (nSPS) is 10.8. The molecule has 2 aromatic rings. The van der Waals surface area contributed by atoms with Crippen LogP contribution in [0.2, 0.25) is 0 Å². The van der Waals surface area contributed by atoms with Gasteiger partial charge in [0.2, 0.25) is 0 Å². The van der Waals surface area contributed by atoms with E-state index in [2.05, 4.69) is 12.2 Å². The molecule has 0 atom stereocenters. The molecule has 1 aromatic carbocycles. The van der Waals surface area contributed by atoms with E-state index >= 15 is 0 Å². The molecule has 0 bridgehead atoms. The molecule has 1 N–H and O–H groups in total. The third kappa shape index (κ3) is 3.35. The summed E-state index contributed by atoms with van der Waals surface area (Å²) in [5.74, 6) is -0.227. The topological polar surface area (TPSA) is 28.2 Å². The molecule has 0 unspecified atom stereocenters. The average Bonchev–Trinajstić information content (AvgIpc) is 2.82. The molecule has 108 valence electrons.